The summed E-state index contributed by atoms with van der Waals surface area (Å²) in [5.74, 6) is 1.97. The van der Waals surface area contributed by atoms with Gasteiger partial charge in [-0.15, -0.1) is 0 Å². The number of rotatable bonds is 8. The highest BCUT2D eigenvalue weighted by Gasteiger charge is 2.24. The van der Waals surface area contributed by atoms with Crippen LogP contribution in [0.3, 0.4) is 0 Å². The van der Waals surface area contributed by atoms with Crippen molar-refractivity contribution in [3.05, 3.63) is 0 Å². The Hall–Kier alpha value is -0.0400. The number of hydrogen-bond donors (Lipinski definition) is 0. The molecule has 0 heterocycles. The minimum Gasteiger partial charge on any atom is -0.303 e. The summed E-state index contributed by atoms with van der Waals surface area (Å²) in [6.07, 6.45) is 12.8. The van der Waals surface area contributed by atoms with E-state index in [0.717, 1.165) is 17.9 Å². The van der Waals surface area contributed by atoms with E-state index in [1.54, 1.807) is 0 Å². The monoisotopic (exact) mass is 253 g/mol. The van der Waals surface area contributed by atoms with Gasteiger partial charge in [0.25, 0.3) is 0 Å². The van der Waals surface area contributed by atoms with Gasteiger partial charge in [0.2, 0.25) is 0 Å². The van der Waals surface area contributed by atoms with Crippen molar-refractivity contribution < 1.29 is 0 Å². The van der Waals surface area contributed by atoms with Crippen molar-refractivity contribution in [3.63, 3.8) is 0 Å². The number of nitrogens with zero attached hydrogens (tertiary/aromatic N) is 1. The van der Waals surface area contributed by atoms with E-state index >= 15 is 0 Å². The Labute approximate surface area is 115 Å². The Kier molecular flexibility index (Phi) is 7.97. The van der Waals surface area contributed by atoms with Gasteiger partial charge in [0.05, 0.1) is 0 Å². The molecule has 1 rings (SSSR count). The van der Waals surface area contributed by atoms with Crippen molar-refractivity contribution in [3.8, 4) is 0 Å². The van der Waals surface area contributed by atoms with Crippen LogP contribution in [0.1, 0.15) is 78.6 Å². The van der Waals surface area contributed by atoms with Crippen LogP contribution in [0.5, 0.6) is 0 Å². The lowest BCUT2D eigenvalue weighted by molar-refractivity contribution is 0.153. The van der Waals surface area contributed by atoms with Crippen LogP contribution in [0, 0.1) is 11.8 Å². The standard InChI is InChI=1S/C17H35N/c1-5-7-8-13-18(4)17-11-9-16(10-12-17)14-15(3)6-2/h15-17H,5-14H2,1-4H3. The van der Waals surface area contributed by atoms with Gasteiger partial charge in [-0.1, -0.05) is 40.0 Å². The van der Waals surface area contributed by atoms with Gasteiger partial charge in [0.1, 0.15) is 0 Å². The Bertz CT molecular complexity index is 194. The largest absolute Gasteiger partial charge is 0.303 e. The molecule has 18 heavy (non-hydrogen) atoms. The second-order valence-electron chi connectivity index (χ2n) is 6.61. The third kappa shape index (κ3) is 5.73. The fourth-order valence-electron chi connectivity index (χ4n) is 3.35. The Morgan fingerprint density at radius 2 is 1.72 bits per heavy atom. The van der Waals surface area contributed by atoms with E-state index in [1.165, 1.54) is 64.3 Å². The Balaban J connectivity index is 2.17. The fraction of sp³-hybridized carbons (Fsp3) is 1.00. The van der Waals surface area contributed by atoms with Crippen LogP contribution in [0.25, 0.3) is 0 Å². The van der Waals surface area contributed by atoms with Crippen LogP contribution in [0.2, 0.25) is 0 Å². The first-order valence-electron chi connectivity index (χ1n) is 8.37. The van der Waals surface area contributed by atoms with Gasteiger partial charge in [-0.3, -0.25) is 0 Å². The quantitative estimate of drug-likeness (QED) is 0.544. The molecule has 1 unspecified atom stereocenters. The van der Waals surface area contributed by atoms with Crippen LogP contribution in [-0.4, -0.2) is 24.5 Å². The average Bonchev–Trinajstić information content (AvgIpc) is 2.39. The van der Waals surface area contributed by atoms with Crippen molar-refractivity contribution in [2.24, 2.45) is 11.8 Å². The second-order valence-corrected chi connectivity index (χ2v) is 6.61. The molecule has 0 spiro atoms. The first-order valence-corrected chi connectivity index (χ1v) is 8.37. The molecule has 108 valence electrons. The molecule has 0 N–H and O–H groups in total. The minimum absolute atomic E-state index is 0.884. The van der Waals surface area contributed by atoms with Gasteiger partial charge in [-0.25, -0.2) is 0 Å². The van der Waals surface area contributed by atoms with Crippen LogP contribution >= 0.6 is 0 Å². The first-order chi connectivity index (χ1) is 8.67. The highest BCUT2D eigenvalue weighted by atomic mass is 15.1. The van der Waals surface area contributed by atoms with Crippen molar-refractivity contribution >= 4 is 0 Å². The van der Waals surface area contributed by atoms with E-state index in [9.17, 15) is 0 Å². The maximum Gasteiger partial charge on any atom is 0.00924 e. The summed E-state index contributed by atoms with van der Waals surface area (Å²) in [5, 5.41) is 0. The molecule has 1 saturated carbocycles. The third-order valence-corrected chi connectivity index (χ3v) is 4.99. The maximum atomic E-state index is 2.63. The van der Waals surface area contributed by atoms with Gasteiger partial charge in [-0.05, 0) is 64.0 Å². The maximum absolute atomic E-state index is 2.63. The van der Waals surface area contributed by atoms with Crippen molar-refractivity contribution in [2.45, 2.75) is 84.6 Å². The Morgan fingerprint density at radius 3 is 2.28 bits per heavy atom. The summed E-state index contributed by atoms with van der Waals surface area (Å²) in [5.41, 5.74) is 0. The van der Waals surface area contributed by atoms with Crippen molar-refractivity contribution in [1.29, 1.82) is 0 Å². The molecule has 1 heteroatoms. The van der Waals surface area contributed by atoms with Gasteiger partial charge in [0, 0.05) is 6.04 Å². The summed E-state index contributed by atoms with van der Waals surface area (Å²) in [4.78, 5) is 2.63. The number of unbranched alkanes of at least 4 members (excludes halogenated alkanes) is 2. The van der Waals surface area contributed by atoms with E-state index in [4.69, 9.17) is 0 Å². The molecule has 1 nitrogen and oxygen atoms in total. The van der Waals surface area contributed by atoms with Crippen LogP contribution < -0.4 is 0 Å². The molecule has 0 aromatic heterocycles. The minimum atomic E-state index is 0.884. The zero-order valence-electron chi connectivity index (χ0n) is 13.3. The molecule has 0 bridgehead atoms. The molecule has 0 aromatic rings. The van der Waals surface area contributed by atoms with E-state index in [1.807, 2.05) is 0 Å². The molecule has 0 aliphatic heterocycles. The van der Waals surface area contributed by atoms with Crippen molar-refractivity contribution in [2.75, 3.05) is 13.6 Å². The van der Waals surface area contributed by atoms with Gasteiger partial charge in [-0.2, -0.15) is 0 Å². The summed E-state index contributed by atoms with van der Waals surface area (Å²) in [6, 6.07) is 0.884. The molecule has 1 aliphatic carbocycles. The van der Waals surface area contributed by atoms with E-state index < -0.39 is 0 Å². The molecule has 0 amide bonds. The highest BCUT2D eigenvalue weighted by Crippen LogP contribution is 2.32. The molecule has 1 atom stereocenters. The van der Waals surface area contributed by atoms with E-state index in [2.05, 4.69) is 32.7 Å². The Morgan fingerprint density at radius 1 is 1.06 bits per heavy atom. The smallest absolute Gasteiger partial charge is 0.00924 e. The van der Waals surface area contributed by atoms with E-state index in [-0.39, 0.29) is 0 Å². The summed E-state index contributed by atoms with van der Waals surface area (Å²) in [7, 11) is 2.34. The fourth-order valence-corrected chi connectivity index (χ4v) is 3.35. The van der Waals surface area contributed by atoms with Gasteiger partial charge in [0.15, 0.2) is 0 Å². The molecule has 1 fully saturated rings. The predicted octanol–water partition coefficient (Wildman–Crippen LogP) is 5.10. The lowest BCUT2D eigenvalue weighted by atomic mass is 9.80. The molecule has 1 aliphatic rings. The van der Waals surface area contributed by atoms with Crippen LogP contribution in [0.15, 0.2) is 0 Å². The first kappa shape index (κ1) is 16.0. The topological polar surface area (TPSA) is 3.24 Å². The van der Waals surface area contributed by atoms with Crippen molar-refractivity contribution in [1.82, 2.24) is 4.90 Å². The van der Waals surface area contributed by atoms with E-state index in [0.29, 0.717) is 0 Å². The third-order valence-electron chi connectivity index (χ3n) is 4.99. The van der Waals surface area contributed by atoms with Crippen LogP contribution in [-0.2, 0) is 0 Å². The summed E-state index contributed by atoms with van der Waals surface area (Å²) < 4.78 is 0. The second kappa shape index (κ2) is 8.96. The molecular formula is C17H35N. The van der Waals surface area contributed by atoms with Gasteiger partial charge >= 0.3 is 0 Å². The lowest BCUT2D eigenvalue weighted by Crippen LogP contribution is -2.36. The molecular weight excluding hydrogens is 218 g/mol. The highest BCUT2D eigenvalue weighted by molar-refractivity contribution is 4.79. The predicted molar refractivity (Wildman–Crippen MR) is 82.0 cm³/mol. The number of hydrogen-bond acceptors (Lipinski definition) is 1. The zero-order chi connectivity index (χ0) is 13.4. The normalized spacial score (nSPS) is 26.5. The summed E-state index contributed by atoms with van der Waals surface area (Å²) in [6.45, 7) is 8.36. The summed E-state index contributed by atoms with van der Waals surface area (Å²) >= 11 is 0. The van der Waals surface area contributed by atoms with Gasteiger partial charge < -0.3 is 4.90 Å². The molecule has 0 aromatic carbocycles. The average molecular weight is 253 g/mol. The zero-order valence-corrected chi connectivity index (χ0v) is 13.3. The molecule has 0 radical (unpaired) electrons. The van der Waals surface area contributed by atoms with Crippen LogP contribution in [0.4, 0.5) is 0 Å². The lowest BCUT2D eigenvalue weighted by Gasteiger charge is -2.35. The SMILES string of the molecule is CCCCCN(C)C1CCC(CC(C)CC)CC1. The molecule has 0 saturated heterocycles.